The molecule has 0 radical (unpaired) electrons. The first-order chi connectivity index (χ1) is 11.1. The van der Waals surface area contributed by atoms with Gasteiger partial charge in [0.2, 0.25) is 0 Å². The fourth-order valence-corrected chi connectivity index (χ4v) is 2.73. The molecule has 1 amide bonds. The van der Waals surface area contributed by atoms with E-state index in [2.05, 4.69) is 4.98 Å². The topological polar surface area (TPSA) is 37.6 Å². The molecule has 2 heterocycles. The number of imidazole rings is 1. The van der Waals surface area contributed by atoms with Crippen molar-refractivity contribution in [3.63, 3.8) is 0 Å². The van der Waals surface area contributed by atoms with E-state index in [0.29, 0.717) is 13.1 Å². The highest BCUT2D eigenvalue weighted by molar-refractivity contribution is 6.33. The number of hydrogen-bond donors (Lipinski definition) is 0. The minimum atomic E-state index is -0.612. The third kappa shape index (κ3) is 2.92. The second-order valence-electron chi connectivity index (χ2n) is 5.09. The van der Waals surface area contributed by atoms with Crippen molar-refractivity contribution in [3.8, 4) is 0 Å². The van der Waals surface area contributed by atoms with Crippen molar-refractivity contribution < 1.29 is 9.18 Å². The van der Waals surface area contributed by atoms with Crippen LogP contribution in [0.1, 0.15) is 23.0 Å². The van der Waals surface area contributed by atoms with E-state index in [1.807, 2.05) is 35.7 Å². The van der Waals surface area contributed by atoms with Gasteiger partial charge in [-0.15, -0.1) is 0 Å². The maximum absolute atomic E-state index is 14.0. The molecule has 4 nitrogen and oxygen atoms in total. The number of aromatic nitrogens is 2. The van der Waals surface area contributed by atoms with Crippen LogP contribution in [0.2, 0.25) is 5.02 Å². The van der Waals surface area contributed by atoms with E-state index in [4.69, 9.17) is 11.6 Å². The van der Waals surface area contributed by atoms with E-state index in [1.54, 1.807) is 11.1 Å². The molecule has 1 aromatic carbocycles. The van der Waals surface area contributed by atoms with Gasteiger partial charge in [0.15, 0.2) is 0 Å². The third-order valence-electron chi connectivity index (χ3n) is 3.69. The molecule has 0 aliphatic heterocycles. The average Bonchev–Trinajstić information content (AvgIpc) is 2.95. The number of rotatable bonds is 4. The van der Waals surface area contributed by atoms with Gasteiger partial charge in [-0.3, -0.25) is 4.79 Å². The van der Waals surface area contributed by atoms with Gasteiger partial charge in [0.05, 0.1) is 29.0 Å². The standard InChI is InChI=1S/C17H15ClFN3O/c1-2-21(17(23)16-13(18)6-5-7-14(16)19)11-12-10-20-15-8-3-4-9-22(12)15/h3-10H,2,11H2,1H3. The lowest BCUT2D eigenvalue weighted by Gasteiger charge is -2.21. The number of carbonyl (C=O) groups excluding carboxylic acids is 1. The van der Waals surface area contributed by atoms with Gasteiger partial charge in [-0.25, -0.2) is 9.37 Å². The second-order valence-corrected chi connectivity index (χ2v) is 5.50. The van der Waals surface area contributed by atoms with Gasteiger partial charge < -0.3 is 9.30 Å². The summed E-state index contributed by atoms with van der Waals surface area (Å²) in [6, 6.07) is 9.91. The maximum Gasteiger partial charge on any atom is 0.258 e. The highest BCUT2D eigenvalue weighted by atomic mass is 35.5. The molecule has 2 aromatic heterocycles. The van der Waals surface area contributed by atoms with E-state index in [1.165, 1.54) is 18.2 Å². The molecular weight excluding hydrogens is 317 g/mol. The summed E-state index contributed by atoms with van der Waals surface area (Å²) in [5.74, 6) is -1.04. The van der Waals surface area contributed by atoms with Crippen molar-refractivity contribution in [2.45, 2.75) is 13.5 Å². The molecule has 0 saturated carbocycles. The van der Waals surface area contributed by atoms with E-state index in [0.717, 1.165) is 11.3 Å². The third-order valence-corrected chi connectivity index (χ3v) is 4.01. The predicted molar refractivity (Wildman–Crippen MR) is 87.0 cm³/mol. The number of hydrogen-bond acceptors (Lipinski definition) is 2. The number of halogens is 2. The normalized spacial score (nSPS) is 10.9. The largest absolute Gasteiger partial charge is 0.333 e. The Kier molecular flexibility index (Phi) is 4.30. The Labute approximate surface area is 138 Å². The first-order valence-corrected chi connectivity index (χ1v) is 7.64. The van der Waals surface area contributed by atoms with Crippen molar-refractivity contribution >= 4 is 23.2 Å². The zero-order valence-corrected chi connectivity index (χ0v) is 13.3. The molecule has 118 valence electrons. The number of nitrogens with zero attached hydrogens (tertiary/aromatic N) is 3. The summed E-state index contributed by atoms with van der Waals surface area (Å²) >= 11 is 6.00. The van der Waals surface area contributed by atoms with Gasteiger partial charge in [-0.05, 0) is 31.2 Å². The molecule has 0 bridgehead atoms. The van der Waals surface area contributed by atoms with Crippen LogP contribution in [0, 0.1) is 5.82 Å². The fourth-order valence-electron chi connectivity index (χ4n) is 2.49. The van der Waals surface area contributed by atoms with Gasteiger partial charge in [0.1, 0.15) is 11.5 Å². The van der Waals surface area contributed by atoms with Crippen LogP contribution < -0.4 is 0 Å². The van der Waals surface area contributed by atoms with Crippen molar-refractivity contribution in [3.05, 3.63) is 70.9 Å². The van der Waals surface area contributed by atoms with E-state index in [9.17, 15) is 9.18 Å². The lowest BCUT2D eigenvalue weighted by molar-refractivity contribution is 0.0745. The van der Waals surface area contributed by atoms with Gasteiger partial charge in [-0.1, -0.05) is 23.7 Å². The molecule has 23 heavy (non-hydrogen) atoms. The summed E-state index contributed by atoms with van der Waals surface area (Å²) < 4.78 is 15.9. The van der Waals surface area contributed by atoms with Gasteiger partial charge in [0.25, 0.3) is 5.91 Å². The summed E-state index contributed by atoms with van der Waals surface area (Å²) in [5.41, 5.74) is 1.56. The molecule has 0 atom stereocenters. The Hall–Kier alpha value is -2.40. The van der Waals surface area contributed by atoms with Crippen LogP contribution in [0.4, 0.5) is 4.39 Å². The first-order valence-electron chi connectivity index (χ1n) is 7.26. The Morgan fingerprint density at radius 1 is 1.30 bits per heavy atom. The summed E-state index contributed by atoms with van der Waals surface area (Å²) in [6.07, 6.45) is 3.60. The Morgan fingerprint density at radius 3 is 2.87 bits per heavy atom. The van der Waals surface area contributed by atoms with Crippen LogP contribution in [0.5, 0.6) is 0 Å². The van der Waals surface area contributed by atoms with E-state index < -0.39 is 11.7 Å². The zero-order chi connectivity index (χ0) is 16.4. The summed E-state index contributed by atoms with van der Waals surface area (Å²) in [7, 11) is 0. The van der Waals surface area contributed by atoms with Crippen LogP contribution in [-0.4, -0.2) is 26.7 Å². The summed E-state index contributed by atoms with van der Waals surface area (Å²) in [5, 5.41) is 0.117. The van der Waals surface area contributed by atoms with Crippen LogP contribution in [0.15, 0.2) is 48.8 Å². The first kappa shape index (κ1) is 15.5. The molecule has 6 heteroatoms. The molecular formula is C17H15ClFN3O. The smallest absolute Gasteiger partial charge is 0.258 e. The predicted octanol–water partition coefficient (Wildman–Crippen LogP) is 3.79. The Bertz CT molecular complexity index is 842. The van der Waals surface area contributed by atoms with Crippen molar-refractivity contribution in [1.82, 2.24) is 14.3 Å². The second kappa shape index (κ2) is 6.38. The molecule has 0 N–H and O–H groups in total. The lowest BCUT2D eigenvalue weighted by atomic mass is 10.1. The van der Waals surface area contributed by atoms with Crippen molar-refractivity contribution in [1.29, 1.82) is 0 Å². The quantitative estimate of drug-likeness (QED) is 0.729. The SMILES string of the molecule is CCN(Cc1cnc2ccccn12)C(=O)c1c(F)cccc1Cl. The molecule has 0 spiro atoms. The van der Waals surface area contributed by atoms with Crippen molar-refractivity contribution in [2.24, 2.45) is 0 Å². The van der Waals surface area contributed by atoms with Crippen LogP contribution >= 0.6 is 11.6 Å². The van der Waals surface area contributed by atoms with E-state index in [-0.39, 0.29) is 10.6 Å². The van der Waals surface area contributed by atoms with Crippen LogP contribution in [-0.2, 0) is 6.54 Å². The van der Waals surface area contributed by atoms with Gasteiger partial charge in [-0.2, -0.15) is 0 Å². The number of carbonyl (C=O) groups is 1. The monoisotopic (exact) mass is 331 g/mol. The van der Waals surface area contributed by atoms with Crippen LogP contribution in [0.3, 0.4) is 0 Å². The fraction of sp³-hybridized carbons (Fsp3) is 0.176. The van der Waals surface area contributed by atoms with Gasteiger partial charge in [0, 0.05) is 12.7 Å². The minimum absolute atomic E-state index is 0.0927. The number of benzene rings is 1. The molecule has 0 unspecified atom stereocenters. The zero-order valence-electron chi connectivity index (χ0n) is 12.5. The molecule has 0 saturated heterocycles. The number of fused-ring (bicyclic) bond motifs is 1. The number of pyridine rings is 1. The molecule has 0 aliphatic rings. The molecule has 0 fully saturated rings. The Morgan fingerprint density at radius 2 is 2.13 bits per heavy atom. The van der Waals surface area contributed by atoms with Gasteiger partial charge >= 0.3 is 0 Å². The maximum atomic E-state index is 14.0. The Balaban J connectivity index is 1.92. The molecule has 3 rings (SSSR count). The van der Waals surface area contributed by atoms with Crippen molar-refractivity contribution in [2.75, 3.05) is 6.54 Å². The molecule has 3 aromatic rings. The van der Waals surface area contributed by atoms with Crippen LogP contribution in [0.25, 0.3) is 5.65 Å². The summed E-state index contributed by atoms with van der Waals surface area (Å²) in [4.78, 5) is 18.5. The molecule has 0 aliphatic carbocycles. The number of amides is 1. The highest BCUT2D eigenvalue weighted by Crippen LogP contribution is 2.22. The lowest BCUT2D eigenvalue weighted by Crippen LogP contribution is -2.31. The van der Waals surface area contributed by atoms with E-state index >= 15 is 0 Å². The highest BCUT2D eigenvalue weighted by Gasteiger charge is 2.22. The average molecular weight is 332 g/mol. The minimum Gasteiger partial charge on any atom is -0.333 e. The summed E-state index contributed by atoms with van der Waals surface area (Å²) in [6.45, 7) is 2.60.